The van der Waals surface area contributed by atoms with Crippen molar-refractivity contribution in [1.82, 2.24) is 0 Å². The van der Waals surface area contributed by atoms with Crippen LogP contribution in [0.3, 0.4) is 0 Å². The first-order valence-electron chi connectivity index (χ1n) is 15.1. The first-order chi connectivity index (χ1) is 22.0. The molecule has 0 saturated heterocycles. The minimum atomic E-state index is -0.193. The van der Waals surface area contributed by atoms with Gasteiger partial charge in [0.1, 0.15) is 0 Å². The molecule has 228 valence electrons. The summed E-state index contributed by atoms with van der Waals surface area (Å²) in [5.74, 6) is 0. The van der Waals surface area contributed by atoms with Crippen LogP contribution in [0.1, 0.15) is 33.4 Å². The molecule has 3 unspecified atom stereocenters. The van der Waals surface area contributed by atoms with Crippen molar-refractivity contribution in [3.63, 3.8) is 0 Å². The normalized spacial score (nSPS) is 19.0. The Hall–Kier alpha value is -2.23. The Balaban J connectivity index is 0.000000186. The first-order valence-corrected chi connectivity index (χ1v) is 17.7. The maximum atomic E-state index is 4.55. The minimum Gasteiger partial charge on any atom is -0.664 e. The SMILES string of the molecule is C[N-]CC1(c2ccccc2)C=Cc2c(Pc3ccccc3)ccc(Br)c21.C[N-]CC1(c2ccccc2)C=Cc2cccc(Br)c21.[Zr+2]. The second-order valence-electron chi connectivity index (χ2n) is 11.4. The van der Waals surface area contributed by atoms with Gasteiger partial charge in [0.05, 0.1) is 0 Å². The largest absolute Gasteiger partial charge is 2.00 e. The van der Waals surface area contributed by atoms with Crippen molar-refractivity contribution in [2.75, 3.05) is 27.2 Å². The fourth-order valence-electron chi connectivity index (χ4n) is 6.68. The Labute approximate surface area is 311 Å². The van der Waals surface area contributed by atoms with Crippen molar-refractivity contribution in [1.29, 1.82) is 0 Å². The Kier molecular flexibility index (Phi) is 12.0. The molecule has 0 N–H and O–H groups in total. The fourth-order valence-corrected chi connectivity index (χ4v) is 9.29. The molecule has 0 radical (unpaired) electrons. The second-order valence-corrected chi connectivity index (χ2v) is 14.4. The van der Waals surface area contributed by atoms with E-state index in [2.05, 4.69) is 188 Å². The van der Waals surface area contributed by atoms with E-state index < -0.39 is 0 Å². The molecule has 46 heavy (non-hydrogen) atoms. The standard InChI is InChI=1S/C23H20BrNP.C17H15BrN.Zr/c1-25-16-23(17-8-4-2-5-9-17)15-14-19-21(13-12-20(24)22(19)23)26-18-10-6-3-7-11-18;1-19-12-17(14-7-3-2-4-8-14)11-10-13-6-5-9-15(18)16(13)17;/h2-15,26H,16H2,1H3;2-11H,12H2,1H3;/q2*-1;+2. The number of fused-ring (bicyclic) bond motifs is 2. The number of hydrogen-bond acceptors (Lipinski definition) is 0. The van der Waals surface area contributed by atoms with Crippen molar-refractivity contribution in [3.8, 4) is 0 Å². The number of hydrogen-bond donors (Lipinski definition) is 0. The van der Waals surface area contributed by atoms with Gasteiger partial charge in [0.25, 0.3) is 0 Å². The van der Waals surface area contributed by atoms with Crippen LogP contribution in [-0.4, -0.2) is 27.2 Å². The van der Waals surface area contributed by atoms with Gasteiger partial charge in [-0.25, -0.2) is 0 Å². The maximum absolute atomic E-state index is 4.55. The van der Waals surface area contributed by atoms with Gasteiger partial charge >= 0.3 is 26.2 Å². The molecule has 5 aromatic rings. The van der Waals surface area contributed by atoms with E-state index in [1.165, 1.54) is 44.0 Å². The van der Waals surface area contributed by atoms with Crippen molar-refractivity contribution in [3.05, 3.63) is 186 Å². The van der Waals surface area contributed by atoms with E-state index in [1.54, 1.807) is 0 Å². The summed E-state index contributed by atoms with van der Waals surface area (Å²) in [4.78, 5) is 0. The third-order valence-electron chi connectivity index (χ3n) is 8.66. The summed E-state index contributed by atoms with van der Waals surface area (Å²) in [5, 5.41) is 11.7. The van der Waals surface area contributed by atoms with Gasteiger partial charge in [0.15, 0.2) is 0 Å². The Bertz CT molecular complexity index is 1830. The summed E-state index contributed by atoms with van der Waals surface area (Å²) in [6.45, 7) is 1.51. The van der Waals surface area contributed by atoms with Crippen LogP contribution in [0.25, 0.3) is 22.8 Å². The Morgan fingerprint density at radius 1 is 0.565 bits per heavy atom. The summed E-state index contributed by atoms with van der Waals surface area (Å²) in [6, 6.07) is 42.8. The molecule has 0 amide bonds. The predicted octanol–water partition coefficient (Wildman–Crippen LogP) is 10.2. The number of benzene rings is 5. The molecular formula is C40H35Br2N2PZr. The van der Waals surface area contributed by atoms with Gasteiger partial charge in [-0.15, -0.1) is 13.1 Å². The second kappa shape index (κ2) is 15.8. The Morgan fingerprint density at radius 3 is 1.67 bits per heavy atom. The molecular weight excluding hydrogens is 790 g/mol. The van der Waals surface area contributed by atoms with E-state index in [0.29, 0.717) is 8.58 Å². The van der Waals surface area contributed by atoms with Crippen molar-refractivity contribution >= 4 is 63.2 Å². The topological polar surface area (TPSA) is 28.2 Å². The molecule has 0 aromatic heterocycles. The molecule has 2 aliphatic rings. The van der Waals surface area contributed by atoms with Gasteiger partial charge in [-0.05, 0) is 56.1 Å². The first kappa shape index (κ1) is 35.1. The van der Waals surface area contributed by atoms with Crippen molar-refractivity contribution in [2.45, 2.75) is 10.8 Å². The zero-order valence-electron chi connectivity index (χ0n) is 25.9. The third-order valence-corrected chi connectivity index (χ3v) is 11.3. The summed E-state index contributed by atoms with van der Waals surface area (Å²) >= 11 is 7.54. The van der Waals surface area contributed by atoms with E-state index in [1.807, 2.05) is 14.1 Å². The number of nitrogens with zero attached hydrogens (tertiary/aromatic N) is 2. The van der Waals surface area contributed by atoms with E-state index in [9.17, 15) is 0 Å². The molecule has 7 rings (SSSR count). The number of halogens is 2. The summed E-state index contributed by atoms with van der Waals surface area (Å²) in [5.41, 5.74) is 7.55. The van der Waals surface area contributed by atoms with Gasteiger partial charge in [-0.1, -0.05) is 174 Å². The van der Waals surface area contributed by atoms with Crippen LogP contribution in [0, 0.1) is 0 Å². The van der Waals surface area contributed by atoms with Crippen LogP contribution in [0.5, 0.6) is 0 Å². The number of rotatable bonds is 8. The molecule has 6 heteroatoms. The van der Waals surface area contributed by atoms with Gasteiger partial charge in [-0.2, -0.15) is 14.1 Å². The zero-order valence-corrected chi connectivity index (χ0v) is 32.6. The van der Waals surface area contributed by atoms with E-state index >= 15 is 0 Å². The summed E-state index contributed by atoms with van der Waals surface area (Å²) in [7, 11) is 4.43. The van der Waals surface area contributed by atoms with Gasteiger partial charge in [-0.3, -0.25) is 0 Å². The molecule has 2 nitrogen and oxygen atoms in total. The predicted molar refractivity (Wildman–Crippen MR) is 203 cm³/mol. The van der Waals surface area contributed by atoms with Crippen molar-refractivity contribution < 1.29 is 26.2 Å². The van der Waals surface area contributed by atoms with Gasteiger partial charge in [0, 0.05) is 19.8 Å². The molecule has 0 fully saturated rings. The van der Waals surface area contributed by atoms with Crippen LogP contribution >= 0.6 is 40.4 Å². The zero-order chi connectivity index (χ0) is 31.3. The monoisotopic (exact) mass is 822 g/mol. The maximum Gasteiger partial charge on any atom is 2.00 e. The Morgan fingerprint density at radius 2 is 1.09 bits per heavy atom. The van der Waals surface area contributed by atoms with Crippen LogP contribution in [0.15, 0.2) is 142 Å². The van der Waals surface area contributed by atoms with Crippen LogP contribution in [0.2, 0.25) is 0 Å². The quantitative estimate of drug-likeness (QED) is 0.140. The smallest absolute Gasteiger partial charge is 0.664 e. The van der Waals surface area contributed by atoms with E-state index in [0.717, 1.165) is 22.0 Å². The molecule has 0 aliphatic heterocycles. The van der Waals surface area contributed by atoms with Gasteiger partial charge < -0.3 is 10.6 Å². The van der Waals surface area contributed by atoms with Crippen LogP contribution in [0.4, 0.5) is 0 Å². The average Bonchev–Trinajstić information content (AvgIpc) is 3.66. The molecule has 5 aromatic carbocycles. The average molecular weight is 826 g/mol. The molecule has 0 heterocycles. The van der Waals surface area contributed by atoms with Gasteiger partial charge in [0.2, 0.25) is 0 Å². The van der Waals surface area contributed by atoms with Crippen LogP contribution in [-0.2, 0) is 37.0 Å². The summed E-state index contributed by atoms with van der Waals surface area (Å²) in [6.07, 6.45) is 9.12. The molecule has 3 atom stereocenters. The minimum absolute atomic E-state index is 0. The van der Waals surface area contributed by atoms with E-state index in [4.69, 9.17) is 0 Å². The van der Waals surface area contributed by atoms with Crippen molar-refractivity contribution in [2.24, 2.45) is 0 Å². The van der Waals surface area contributed by atoms with E-state index in [-0.39, 0.29) is 37.0 Å². The fraction of sp³-hybridized carbons (Fsp3) is 0.150. The van der Waals surface area contributed by atoms with Crippen LogP contribution < -0.4 is 10.6 Å². The molecule has 0 bridgehead atoms. The number of likely N-dealkylation sites (N-methyl/N-ethyl adjacent to an activating group) is 2. The molecule has 0 spiro atoms. The molecule has 2 aliphatic carbocycles. The summed E-state index contributed by atoms with van der Waals surface area (Å²) < 4.78 is 2.31. The molecule has 0 saturated carbocycles. The third kappa shape index (κ3) is 6.84.